The molecule has 2 nitrogen and oxygen atoms in total. The fourth-order valence-electron chi connectivity index (χ4n) is 2.34. The minimum Gasteiger partial charge on any atom is -0.351 e. The Labute approximate surface area is 140 Å². The molecule has 3 aromatic carbocycles. The Balaban J connectivity index is 0.000000290. The van der Waals surface area contributed by atoms with Gasteiger partial charge in [-0.2, -0.15) is 0 Å². The van der Waals surface area contributed by atoms with E-state index in [-0.39, 0.29) is 5.82 Å². The van der Waals surface area contributed by atoms with Crippen molar-refractivity contribution in [3.63, 3.8) is 0 Å². The first-order chi connectivity index (χ1) is 11.8. The second-order valence-corrected chi connectivity index (χ2v) is 5.21. The minimum absolute atomic E-state index is 0.204. The third-order valence-electron chi connectivity index (χ3n) is 3.58. The lowest BCUT2D eigenvalue weighted by molar-refractivity contribution is 0.628. The number of hydrogen-bond acceptors (Lipinski definition) is 1. The quantitative estimate of drug-likeness (QED) is 0.514. The monoisotopic (exact) mass is 316 g/mol. The van der Waals surface area contributed by atoms with Crippen LogP contribution in [0.4, 0.5) is 4.39 Å². The van der Waals surface area contributed by atoms with Crippen LogP contribution in [0.5, 0.6) is 0 Å². The van der Waals surface area contributed by atoms with Gasteiger partial charge in [0.25, 0.3) is 0 Å². The van der Waals surface area contributed by atoms with Crippen LogP contribution in [0.3, 0.4) is 0 Å². The molecule has 0 saturated heterocycles. The molecule has 118 valence electrons. The summed E-state index contributed by atoms with van der Waals surface area (Å²) in [6, 6.07) is 25.1. The van der Waals surface area contributed by atoms with Crippen LogP contribution in [0, 0.1) is 5.82 Å². The number of H-pyrrole nitrogens is 1. The molecule has 0 fully saturated rings. The van der Waals surface area contributed by atoms with Crippen molar-refractivity contribution in [3.05, 3.63) is 103 Å². The van der Waals surface area contributed by atoms with E-state index >= 15 is 0 Å². The standard InChI is InChI=1S/C18H13F.C3H4N2/c19-18-12-10-17(11-13-18)16-8-6-15(7-9-16)14-4-2-1-3-5-14;1-2-5-3-4-1/h1-13H;1-3H,(H,4,5). The van der Waals surface area contributed by atoms with Crippen molar-refractivity contribution >= 4 is 0 Å². The van der Waals surface area contributed by atoms with E-state index in [2.05, 4.69) is 46.4 Å². The molecule has 1 heterocycles. The molecule has 24 heavy (non-hydrogen) atoms. The Morgan fingerprint density at radius 1 is 0.625 bits per heavy atom. The molecule has 0 atom stereocenters. The molecular formula is C21H17FN2. The molecule has 3 heteroatoms. The lowest BCUT2D eigenvalue weighted by atomic mass is 10.0. The minimum atomic E-state index is -0.204. The van der Waals surface area contributed by atoms with Crippen LogP contribution in [-0.4, -0.2) is 9.97 Å². The highest BCUT2D eigenvalue weighted by atomic mass is 19.1. The van der Waals surface area contributed by atoms with Gasteiger partial charge in [0.15, 0.2) is 0 Å². The SMILES string of the molecule is Fc1ccc(-c2ccc(-c3ccccc3)cc2)cc1.c1c[nH]cn1. The van der Waals surface area contributed by atoms with Crippen LogP contribution in [0.15, 0.2) is 97.6 Å². The smallest absolute Gasteiger partial charge is 0.123 e. The van der Waals surface area contributed by atoms with Crippen LogP contribution in [-0.2, 0) is 0 Å². The highest BCUT2D eigenvalue weighted by Crippen LogP contribution is 2.24. The van der Waals surface area contributed by atoms with Gasteiger partial charge in [0.05, 0.1) is 6.33 Å². The molecule has 4 rings (SSSR count). The van der Waals surface area contributed by atoms with Gasteiger partial charge in [-0.1, -0.05) is 66.7 Å². The summed E-state index contributed by atoms with van der Waals surface area (Å²) in [6.07, 6.45) is 5.08. The number of nitrogens with zero attached hydrogens (tertiary/aromatic N) is 1. The molecule has 0 bridgehead atoms. The number of rotatable bonds is 2. The second-order valence-electron chi connectivity index (χ2n) is 5.21. The van der Waals surface area contributed by atoms with E-state index in [0.717, 1.165) is 11.1 Å². The largest absolute Gasteiger partial charge is 0.351 e. The Morgan fingerprint density at radius 2 is 1.12 bits per heavy atom. The molecule has 0 aliphatic rings. The fourth-order valence-corrected chi connectivity index (χ4v) is 2.34. The summed E-state index contributed by atoms with van der Waals surface area (Å²) in [4.78, 5) is 6.42. The third-order valence-corrected chi connectivity index (χ3v) is 3.58. The van der Waals surface area contributed by atoms with Crippen molar-refractivity contribution in [2.75, 3.05) is 0 Å². The first kappa shape index (κ1) is 15.7. The van der Waals surface area contributed by atoms with Crippen molar-refractivity contribution in [2.45, 2.75) is 0 Å². The summed E-state index contributed by atoms with van der Waals surface area (Å²) in [5.41, 5.74) is 4.51. The van der Waals surface area contributed by atoms with Crippen molar-refractivity contribution in [2.24, 2.45) is 0 Å². The number of halogens is 1. The Bertz CT molecular complexity index is 820. The predicted molar refractivity (Wildman–Crippen MR) is 95.9 cm³/mol. The molecule has 0 unspecified atom stereocenters. The van der Waals surface area contributed by atoms with Gasteiger partial charge >= 0.3 is 0 Å². The van der Waals surface area contributed by atoms with Gasteiger partial charge in [-0.15, -0.1) is 0 Å². The van der Waals surface area contributed by atoms with Gasteiger partial charge in [-0.25, -0.2) is 9.37 Å². The molecule has 4 aromatic rings. The molecule has 0 saturated carbocycles. The number of aromatic amines is 1. The number of imidazole rings is 1. The zero-order chi connectivity index (χ0) is 16.6. The van der Waals surface area contributed by atoms with Crippen LogP contribution < -0.4 is 0 Å². The number of benzene rings is 3. The Hall–Kier alpha value is -3.20. The molecular weight excluding hydrogens is 299 g/mol. The lowest BCUT2D eigenvalue weighted by Crippen LogP contribution is -1.81. The normalized spacial score (nSPS) is 9.88. The Kier molecular flexibility index (Phi) is 5.15. The van der Waals surface area contributed by atoms with Gasteiger partial charge < -0.3 is 4.98 Å². The topological polar surface area (TPSA) is 28.7 Å². The number of hydrogen-bond donors (Lipinski definition) is 1. The first-order valence-corrected chi connectivity index (χ1v) is 7.67. The van der Waals surface area contributed by atoms with Gasteiger partial charge in [0.1, 0.15) is 5.82 Å². The van der Waals surface area contributed by atoms with Gasteiger partial charge in [0, 0.05) is 12.4 Å². The molecule has 0 aliphatic carbocycles. The summed E-state index contributed by atoms with van der Waals surface area (Å²) in [7, 11) is 0. The van der Waals surface area contributed by atoms with E-state index in [1.165, 1.54) is 23.3 Å². The molecule has 0 spiro atoms. The van der Waals surface area contributed by atoms with Gasteiger partial charge in [-0.05, 0) is 34.4 Å². The van der Waals surface area contributed by atoms with E-state index in [0.29, 0.717) is 0 Å². The van der Waals surface area contributed by atoms with Crippen molar-refractivity contribution in [3.8, 4) is 22.3 Å². The lowest BCUT2D eigenvalue weighted by Gasteiger charge is -2.05. The van der Waals surface area contributed by atoms with E-state index in [4.69, 9.17) is 0 Å². The number of nitrogens with one attached hydrogen (secondary N) is 1. The predicted octanol–water partition coefficient (Wildman–Crippen LogP) is 5.57. The average molecular weight is 316 g/mol. The highest BCUT2D eigenvalue weighted by molar-refractivity contribution is 5.70. The Morgan fingerprint density at radius 3 is 1.54 bits per heavy atom. The number of aromatic nitrogens is 2. The molecule has 0 amide bonds. The third kappa shape index (κ3) is 4.17. The molecule has 0 aliphatic heterocycles. The molecule has 1 aromatic heterocycles. The highest BCUT2D eigenvalue weighted by Gasteiger charge is 2.00. The molecule has 1 N–H and O–H groups in total. The maximum absolute atomic E-state index is 12.9. The van der Waals surface area contributed by atoms with Crippen LogP contribution >= 0.6 is 0 Å². The summed E-state index contributed by atoms with van der Waals surface area (Å²) < 4.78 is 12.9. The van der Waals surface area contributed by atoms with Gasteiger partial charge in [0.2, 0.25) is 0 Å². The van der Waals surface area contributed by atoms with Crippen LogP contribution in [0.2, 0.25) is 0 Å². The second kappa shape index (κ2) is 7.88. The summed E-state index contributed by atoms with van der Waals surface area (Å²) in [5, 5.41) is 0. The zero-order valence-electron chi connectivity index (χ0n) is 13.1. The summed E-state index contributed by atoms with van der Waals surface area (Å²) in [6.45, 7) is 0. The summed E-state index contributed by atoms with van der Waals surface area (Å²) in [5.74, 6) is -0.204. The maximum atomic E-state index is 12.9. The van der Waals surface area contributed by atoms with Crippen LogP contribution in [0.1, 0.15) is 0 Å². The van der Waals surface area contributed by atoms with Crippen molar-refractivity contribution in [1.29, 1.82) is 0 Å². The van der Waals surface area contributed by atoms with E-state index in [1.54, 1.807) is 30.9 Å². The van der Waals surface area contributed by atoms with Crippen molar-refractivity contribution in [1.82, 2.24) is 9.97 Å². The van der Waals surface area contributed by atoms with Crippen LogP contribution in [0.25, 0.3) is 22.3 Å². The van der Waals surface area contributed by atoms with E-state index < -0.39 is 0 Å². The molecule has 0 radical (unpaired) electrons. The van der Waals surface area contributed by atoms with E-state index in [1.807, 2.05) is 18.2 Å². The summed E-state index contributed by atoms with van der Waals surface area (Å²) >= 11 is 0. The average Bonchev–Trinajstić information content (AvgIpc) is 3.23. The fraction of sp³-hybridized carbons (Fsp3) is 0. The zero-order valence-corrected chi connectivity index (χ0v) is 13.1. The maximum Gasteiger partial charge on any atom is 0.123 e. The van der Waals surface area contributed by atoms with Crippen molar-refractivity contribution < 1.29 is 4.39 Å². The van der Waals surface area contributed by atoms with E-state index in [9.17, 15) is 4.39 Å². The first-order valence-electron chi connectivity index (χ1n) is 7.67. The van der Waals surface area contributed by atoms with Gasteiger partial charge in [-0.3, -0.25) is 0 Å².